The minimum Gasteiger partial charge on any atom is -0.343 e. The van der Waals surface area contributed by atoms with Gasteiger partial charge in [-0.2, -0.15) is 4.39 Å². The number of hydrogen-bond acceptors (Lipinski definition) is 4. The first-order valence-corrected chi connectivity index (χ1v) is 6.57. The average molecular weight is 311 g/mol. The molecule has 1 aromatic heterocycles. The maximum absolute atomic E-state index is 14.1. The van der Waals surface area contributed by atoms with E-state index in [9.17, 15) is 18.9 Å². The number of aromatic nitrogens is 2. The lowest BCUT2D eigenvalue weighted by Crippen LogP contribution is -2.02. The van der Waals surface area contributed by atoms with Gasteiger partial charge in [0.2, 0.25) is 5.82 Å². The Labute approximate surface area is 123 Å². The standard InChI is InChI=1S/C13H11F2N3O2S/c1-2-3-7-6-10(21)17-13(16-7)11-8(14)4-5-9(12(11)15)18(19)20/h4-6H,2-3H2,1H3,(H,16,17,21). The predicted molar refractivity (Wildman–Crippen MR) is 75.4 cm³/mol. The fourth-order valence-corrected chi connectivity index (χ4v) is 2.16. The molecule has 0 fully saturated rings. The molecule has 0 aliphatic heterocycles. The molecule has 0 saturated carbocycles. The van der Waals surface area contributed by atoms with Crippen LogP contribution in [-0.4, -0.2) is 14.9 Å². The van der Waals surface area contributed by atoms with Crippen molar-refractivity contribution < 1.29 is 13.7 Å². The maximum atomic E-state index is 14.1. The summed E-state index contributed by atoms with van der Waals surface area (Å²) in [5.74, 6) is -2.36. The van der Waals surface area contributed by atoms with Crippen LogP contribution in [0.3, 0.4) is 0 Å². The molecule has 0 amide bonds. The molecular formula is C13H11F2N3O2S. The predicted octanol–water partition coefficient (Wildman–Crippen LogP) is 3.95. The van der Waals surface area contributed by atoms with E-state index in [4.69, 9.17) is 12.2 Å². The van der Waals surface area contributed by atoms with E-state index in [0.717, 1.165) is 18.6 Å². The van der Waals surface area contributed by atoms with Crippen LogP contribution >= 0.6 is 12.2 Å². The Bertz CT molecular complexity index is 762. The van der Waals surface area contributed by atoms with E-state index in [2.05, 4.69) is 9.97 Å². The van der Waals surface area contributed by atoms with Crippen molar-refractivity contribution in [3.05, 3.63) is 50.3 Å². The number of aryl methyl sites for hydroxylation is 1. The third-order valence-electron chi connectivity index (χ3n) is 2.82. The van der Waals surface area contributed by atoms with Gasteiger partial charge in [0.25, 0.3) is 0 Å². The number of nitro benzene ring substituents is 1. The van der Waals surface area contributed by atoms with E-state index >= 15 is 0 Å². The molecular weight excluding hydrogens is 300 g/mol. The van der Waals surface area contributed by atoms with Crippen LogP contribution in [0.4, 0.5) is 14.5 Å². The van der Waals surface area contributed by atoms with Crippen LogP contribution in [-0.2, 0) is 6.42 Å². The van der Waals surface area contributed by atoms with Crippen LogP contribution in [0.1, 0.15) is 19.0 Å². The number of hydrogen-bond donors (Lipinski definition) is 1. The third-order valence-corrected chi connectivity index (χ3v) is 3.03. The summed E-state index contributed by atoms with van der Waals surface area (Å²) in [4.78, 5) is 16.5. The largest absolute Gasteiger partial charge is 0.343 e. The second kappa shape index (κ2) is 6.04. The van der Waals surface area contributed by atoms with Gasteiger partial charge in [-0.1, -0.05) is 25.6 Å². The van der Waals surface area contributed by atoms with Crippen molar-refractivity contribution in [3.8, 4) is 11.4 Å². The normalized spacial score (nSPS) is 10.6. The molecule has 1 N–H and O–H groups in total. The van der Waals surface area contributed by atoms with Gasteiger partial charge in [0.1, 0.15) is 16.3 Å². The van der Waals surface area contributed by atoms with Crippen molar-refractivity contribution in [1.29, 1.82) is 0 Å². The van der Waals surface area contributed by atoms with E-state index in [1.54, 1.807) is 6.07 Å². The number of nitrogens with zero attached hydrogens (tertiary/aromatic N) is 2. The van der Waals surface area contributed by atoms with Crippen molar-refractivity contribution in [2.75, 3.05) is 0 Å². The van der Waals surface area contributed by atoms with E-state index in [1.165, 1.54) is 0 Å². The lowest BCUT2D eigenvalue weighted by molar-refractivity contribution is -0.387. The molecule has 2 aromatic rings. The lowest BCUT2D eigenvalue weighted by Gasteiger charge is -2.07. The van der Waals surface area contributed by atoms with Crippen LogP contribution in [0.2, 0.25) is 0 Å². The highest BCUT2D eigenvalue weighted by atomic mass is 32.1. The quantitative estimate of drug-likeness (QED) is 0.527. The molecule has 0 aliphatic rings. The van der Waals surface area contributed by atoms with Gasteiger partial charge in [0, 0.05) is 11.8 Å². The van der Waals surface area contributed by atoms with Crippen LogP contribution in [0, 0.1) is 26.4 Å². The minimum atomic E-state index is -1.27. The zero-order valence-corrected chi connectivity index (χ0v) is 11.8. The van der Waals surface area contributed by atoms with Crippen molar-refractivity contribution in [1.82, 2.24) is 9.97 Å². The fraction of sp³-hybridized carbons (Fsp3) is 0.231. The molecule has 0 atom stereocenters. The lowest BCUT2D eigenvalue weighted by atomic mass is 10.1. The summed E-state index contributed by atoms with van der Waals surface area (Å²) >= 11 is 4.96. The summed E-state index contributed by atoms with van der Waals surface area (Å²) in [5, 5.41) is 10.7. The van der Waals surface area contributed by atoms with E-state index < -0.39 is 27.8 Å². The number of nitro groups is 1. The highest BCUT2D eigenvalue weighted by Crippen LogP contribution is 2.29. The van der Waals surface area contributed by atoms with Gasteiger partial charge in [-0.05, 0) is 18.6 Å². The molecule has 0 radical (unpaired) electrons. The molecule has 5 nitrogen and oxygen atoms in total. The molecule has 1 heterocycles. The first kappa shape index (κ1) is 15.2. The molecule has 110 valence electrons. The number of H-pyrrole nitrogens is 1. The Morgan fingerprint density at radius 2 is 2.14 bits per heavy atom. The van der Waals surface area contributed by atoms with E-state index in [-0.39, 0.29) is 10.5 Å². The Balaban J connectivity index is 2.69. The number of aromatic amines is 1. The summed E-state index contributed by atoms with van der Waals surface area (Å²) in [6, 6.07) is 3.20. The second-order valence-corrected chi connectivity index (χ2v) is 4.77. The maximum Gasteiger partial charge on any atom is 0.305 e. The zero-order valence-electron chi connectivity index (χ0n) is 11.0. The number of nitrogens with one attached hydrogen (secondary N) is 1. The zero-order chi connectivity index (χ0) is 15.6. The number of rotatable bonds is 4. The van der Waals surface area contributed by atoms with E-state index in [0.29, 0.717) is 12.1 Å². The summed E-state index contributed by atoms with van der Waals surface area (Å²) in [6.45, 7) is 1.94. The summed E-state index contributed by atoms with van der Waals surface area (Å²) in [5.41, 5.74) is -0.723. The summed E-state index contributed by atoms with van der Waals surface area (Å²) < 4.78 is 28.2. The van der Waals surface area contributed by atoms with Crippen LogP contribution in [0.25, 0.3) is 11.4 Å². The number of benzene rings is 1. The summed E-state index contributed by atoms with van der Waals surface area (Å²) in [6.07, 6.45) is 1.42. The van der Waals surface area contributed by atoms with Gasteiger partial charge in [-0.25, -0.2) is 9.37 Å². The first-order chi connectivity index (χ1) is 9.93. The fourth-order valence-electron chi connectivity index (χ4n) is 1.93. The smallest absolute Gasteiger partial charge is 0.305 e. The van der Waals surface area contributed by atoms with Gasteiger partial charge in [0.05, 0.1) is 10.5 Å². The Hall–Kier alpha value is -2.22. The molecule has 0 spiro atoms. The molecule has 0 aliphatic carbocycles. The van der Waals surface area contributed by atoms with Gasteiger partial charge >= 0.3 is 5.69 Å². The van der Waals surface area contributed by atoms with Crippen LogP contribution in [0.15, 0.2) is 18.2 Å². The highest BCUT2D eigenvalue weighted by Gasteiger charge is 2.24. The third kappa shape index (κ3) is 3.10. The monoisotopic (exact) mass is 311 g/mol. The highest BCUT2D eigenvalue weighted by molar-refractivity contribution is 7.71. The molecule has 0 unspecified atom stereocenters. The van der Waals surface area contributed by atoms with E-state index in [1.807, 2.05) is 6.92 Å². The topological polar surface area (TPSA) is 71.8 Å². The molecule has 0 saturated heterocycles. The summed E-state index contributed by atoms with van der Waals surface area (Å²) in [7, 11) is 0. The van der Waals surface area contributed by atoms with Crippen LogP contribution < -0.4 is 0 Å². The van der Waals surface area contributed by atoms with Gasteiger partial charge < -0.3 is 4.98 Å². The van der Waals surface area contributed by atoms with Crippen LogP contribution in [0.5, 0.6) is 0 Å². The molecule has 0 bridgehead atoms. The average Bonchev–Trinajstić information content (AvgIpc) is 2.38. The van der Waals surface area contributed by atoms with Crippen molar-refractivity contribution in [2.24, 2.45) is 0 Å². The molecule has 1 aromatic carbocycles. The Morgan fingerprint density at radius 3 is 2.76 bits per heavy atom. The molecule has 21 heavy (non-hydrogen) atoms. The van der Waals surface area contributed by atoms with Crippen molar-refractivity contribution >= 4 is 17.9 Å². The first-order valence-electron chi connectivity index (χ1n) is 6.17. The Morgan fingerprint density at radius 1 is 1.43 bits per heavy atom. The minimum absolute atomic E-state index is 0.148. The SMILES string of the molecule is CCCc1cc(=S)nc(-c2c(F)ccc([N+](=O)[O-])c2F)[nH]1. The van der Waals surface area contributed by atoms with Gasteiger partial charge in [-0.3, -0.25) is 10.1 Å². The molecule has 2 rings (SSSR count). The molecule has 8 heteroatoms. The second-order valence-electron chi connectivity index (χ2n) is 4.36. The van der Waals surface area contributed by atoms with Crippen molar-refractivity contribution in [3.63, 3.8) is 0 Å². The van der Waals surface area contributed by atoms with Crippen molar-refractivity contribution in [2.45, 2.75) is 19.8 Å². The van der Waals surface area contributed by atoms with Gasteiger partial charge in [-0.15, -0.1) is 0 Å². The van der Waals surface area contributed by atoms with Gasteiger partial charge in [0.15, 0.2) is 0 Å². The number of halogens is 2. The Kier molecular flexibility index (Phi) is 4.37.